The lowest BCUT2D eigenvalue weighted by Crippen LogP contribution is -1.92. The summed E-state index contributed by atoms with van der Waals surface area (Å²) in [6, 6.07) is 9.46. The first-order valence-corrected chi connectivity index (χ1v) is 6.53. The van der Waals surface area contributed by atoms with Crippen molar-refractivity contribution in [2.45, 2.75) is 6.92 Å². The van der Waals surface area contributed by atoms with E-state index in [1.54, 1.807) is 29.5 Å². The van der Waals surface area contributed by atoms with E-state index >= 15 is 0 Å². The number of benzene rings is 2. The average molecular weight is 274 g/mol. The van der Waals surface area contributed by atoms with E-state index in [0.29, 0.717) is 17.2 Å². The van der Waals surface area contributed by atoms with Crippen molar-refractivity contribution in [1.29, 1.82) is 0 Å². The second-order valence-electron chi connectivity index (χ2n) is 4.15. The van der Waals surface area contributed by atoms with Gasteiger partial charge in [-0.05, 0) is 37.3 Å². The second-order valence-corrected chi connectivity index (χ2v) is 5.38. The first-order valence-electron chi connectivity index (χ1n) is 5.72. The van der Waals surface area contributed by atoms with E-state index < -0.39 is 0 Å². The summed E-state index contributed by atoms with van der Waals surface area (Å²) in [5, 5.41) is 0.980. The van der Waals surface area contributed by atoms with Crippen LogP contribution in [0.4, 0.5) is 10.1 Å². The van der Waals surface area contributed by atoms with Gasteiger partial charge < -0.3 is 10.5 Å². The number of rotatable bonds is 2. The Balaban J connectivity index is 1.99. The van der Waals surface area contributed by atoms with Crippen LogP contribution in [-0.4, -0.2) is 4.98 Å². The van der Waals surface area contributed by atoms with Crippen LogP contribution in [0.2, 0.25) is 0 Å². The summed E-state index contributed by atoms with van der Waals surface area (Å²) in [5.41, 5.74) is 7.35. The fraction of sp³-hybridized carbons (Fsp3) is 0.0714. The molecule has 0 aliphatic carbocycles. The van der Waals surface area contributed by atoms with Gasteiger partial charge in [0.15, 0.2) is 5.75 Å². The Labute approximate surface area is 113 Å². The zero-order chi connectivity index (χ0) is 13.4. The molecule has 3 nitrogen and oxygen atoms in total. The predicted molar refractivity (Wildman–Crippen MR) is 75.2 cm³/mol. The lowest BCUT2D eigenvalue weighted by Gasteiger charge is -2.08. The minimum Gasteiger partial charge on any atom is -0.455 e. The number of ether oxygens (including phenoxy) is 1. The molecule has 0 bridgehead atoms. The van der Waals surface area contributed by atoms with Crippen LogP contribution in [0.15, 0.2) is 36.4 Å². The number of nitrogen functional groups attached to an aromatic ring is 1. The largest absolute Gasteiger partial charge is 0.455 e. The summed E-state index contributed by atoms with van der Waals surface area (Å²) >= 11 is 1.59. The van der Waals surface area contributed by atoms with Gasteiger partial charge in [0.05, 0.1) is 20.9 Å². The van der Waals surface area contributed by atoms with Crippen molar-refractivity contribution < 1.29 is 9.13 Å². The first kappa shape index (κ1) is 11.9. The Morgan fingerprint density at radius 2 is 1.95 bits per heavy atom. The lowest BCUT2D eigenvalue weighted by atomic mass is 10.2. The molecular formula is C14H11FN2OS. The molecule has 0 radical (unpaired) electrons. The number of fused-ring (bicyclic) bond motifs is 1. The van der Waals surface area contributed by atoms with E-state index in [9.17, 15) is 4.39 Å². The van der Waals surface area contributed by atoms with Crippen molar-refractivity contribution in [1.82, 2.24) is 4.98 Å². The summed E-state index contributed by atoms with van der Waals surface area (Å²) in [4.78, 5) is 4.39. The Morgan fingerprint density at radius 3 is 2.68 bits per heavy atom. The number of aromatic nitrogens is 1. The molecule has 0 spiro atoms. The maximum absolute atomic E-state index is 12.8. The number of halogens is 1. The predicted octanol–water partition coefficient (Wildman–Crippen LogP) is 4.12. The van der Waals surface area contributed by atoms with Crippen LogP contribution in [0, 0.1) is 12.7 Å². The van der Waals surface area contributed by atoms with E-state index in [2.05, 4.69) is 4.98 Å². The third kappa shape index (κ3) is 2.37. The highest BCUT2D eigenvalue weighted by Gasteiger charge is 2.08. The van der Waals surface area contributed by atoms with Crippen molar-refractivity contribution in [3.63, 3.8) is 0 Å². The van der Waals surface area contributed by atoms with Gasteiger partial charge in [-0.3, -0.25) is 0 Å². The quantitative estimate of drug-likeness (QED) is 0.715. The minimum absolute atomic E-state index is 0.300. The smallest absolute Gasteiger partial charge is 0.152 e. The molecular weight excluding hydrogens is 263 g/mol. The normalized spacial score (nSPS) is 10.8. The Hall–Kier alpha value is -2.14. The zero-order valence-corrected chi connectivity index (χ0v) is 11.0. The molecule has 0 saturated heterocycles. The number of anilines is 1. The van der Waals surface area contributed by atoms with Gasteiger partial charge >= 0.3 is 0 Å². The standard InChI is InChI=1S/C14H11FN2OS/c1-8-17-12-7-13(11(16)6-14(12)19-8)18-10-4-2-9(15)3-5-10/h2-7H,16H2,1H3. The zero-order valence-electron chi connectivity index (χ0n) is 10.2. The molecule has 19 heavy (non-hydrogen) atoms. The van der Waals surface area contributed by atoms with Crippen LogP contribution in [0.5, 0.6) is 11.5 Å². The summed E-state index contributed by atoms with van der Waals surface area (Å²) < 4.78 is 19.5. The highest BCUT2D eigenvalue weighted by molar-refractivity contribution is 7.18. The molecule has 0 aliphatic heterocycles. The van der Waals surface area contributed by atoms with E-state index in [1.165, 1.54) is 12.1 Å². The fourth-order valence-electron chi connectivity index (χ4n) is 1.80. The van der Waals surface area contributed by atoms with Crippen molar-refractivity contribution in [3.8, 4) is 11.5 Å². The molecule has 2 aromatic carbocycles. The van der Waals surface area contributed by atoms with E-state index in [4.69, 9.17) is 10.5 Å². The molecule has 0 atom stereocenters. The van der Waals surface area contributed by atoms with Crippen LogP contribution in [0.25, 0.3) is 10.2 Å². The van der Waals surface area contributed by atoms with Crippen LogP contribution in [0.3, 0.4) is 0 Å². The minimum atomic E-state index is -0.300. The van der Waals surface area contributed by atoms with Gasteiger partial charge in [0, 0.05) is 6.07 Å². The maximum Gasteiger partial charge on any atom is 0.152 e. The molecule has 0 unspecified atom stereocenters. The van der Waals surface area contributed by atoms with Crippen molar-refractivity contribution >= 4 is 27.2 Å². The van der Waals surface area contributed by atoms with Crippen molar-refractivity contribution in [2.24, 2.45) is 0 Å². The number of nitrogens with two attached hydrogens (primary N) is 1. The Kier molecular flexibility index (Phi) is 2.83. The molecule has 2 N–H and O–H groups in total. The average Bonchev–Trinajstić information content (AvgIpc) is 2.72. The second kappa shape index (κ2) is 4.51. The topological polar surface area (TPSA) is 48.1 Å². The molecule has 3 rings (SSSR count). The van der Waals surface area contributed by atoms with Crippen molar-refractivity contribution in [3.05, 3.63) is 47.2 Å². The molecule has 5 heteroatoms. The molecule has 96 valence electrons. The monoisotopic (exact) mass is 274 g/mol. The van der Waals surface area contributed by atoms with Crippen LogP contribution in [0.1, 0.15) is 5.01 Å². The third-order valence-corrected chi connectivity index (χ3v) is 3.60. The number of hydrogen-bond acceptors (Lipinski definition) is 4. The molecule has 0 saturated carbocycles. The highest BCUT2D eigenvalue weighted by atomic mass is 32.1. The number of nitrogens with zero attached hydrogens (tertiary/aromatic N) is 1. The van der Waals surface area contributed by atoms with E-state index in [1.807, 2.05) is 13.0 Å². The van der Waals surface area contributed by atoms with Gasteiger partial charge in [0.25, 0.3) is 0 Å². The Morgan fingerprint density at radius 1 is 1.21 bits per heavy atom. The maximum atomic E-state index is 12.8. The summed E-state index contributed by atoms with van der Waals surface area (Å²) in [5.74, 6) is 0.773. The van der Waals surface area contributed by atoms with Gasteiger partial charge in [-0.15, -0.1) is 11.3 Å². The number of hydrogen-bond donors (Lipinski definition) is 1. The van der Waals surface area contributed by atoms with E-state index in [-0.39, 0.29) is 5.82 Å². The van der Waals surface area contributed by atoms with Gasteiger partial charge in [-0.25, -0.2) is 9.37 Å². The first-order chi connectivity index (χ1) is 9.11. The van der Waals surface area contributed by atoms with E-state index in [0.717, 1.165) is 15.2 Å². The van der Waals surface area contributed by atoms with Crippen molar-refractivity contribution in [2.75, 3.05) is 5.73 Å². The summed E-state index contributed by atoms with van der Waals surface area (Å²) in [7, 11) is 0. The summed E-state index contributed by atoms with van der Waals surface area (Å²) in [6.07, 6.45) is 0. The third-order valence-electron chi connectivity index (χ3n) is 2.67. The molecule has 0 aliphatic rings. The fourth-order valence-corrected chi connectivity index (χ4v) is 2.66. The lowest BCUT2D eigenvalue weighted by molar-refractivity contribution is 0.483. The molecule has 1 heterocycles. The van der Waals surface area contributed by atoms with Gasteiger partial charge in [-0.1, -0.05) is 0 Å². The van der Waals surface area contributed by atoms with Crippen LogP contribution in [-0.2, 0) is 0 Å². The SMILES string of the molecule is Cc1nc2cc(Oc3ccc(F)cc3)c(N)cc2s1. The summed E-state index contributed by atoms with van der Waals surface area (Å²) in [6.45, 7) is 1.95. The van der Waals surface area contributed by atoms with Crippen LogP contribution >= 0.6 is 11.3 Å². The van der Waals surface area contributed by atoms with Gasteiger partial charge in [0.1, 0.15) is 11.6 Å². The molecule has 1 aromatic heterocycles. The molecule has 0 fully saturated rings. The molecule has 3 aromatic rings. The van der Waals surface area contributed by atoms with Gasteiger partial charge in [-0.2, -0.15) is 0 Å². The van der Waals surface area contributed by atoms with Gasteiger partial charge in [0.2, 0.25) is 0 Å². The van der Waals surface area contributed by atoms with Crippen LogP contribution < -0.4 is 10.5 Å². The number of thiazole rings is 1. The molecule has 0 amide bonds. The number of aryl methyl sites for hydroxylation is 1. The Bertz CT molecular complexity index is 737. The highest BCUT2D eigenvalue weighted by Crippen LogP contribution is 2.33.